The number of anilines is 10. The summed E-state index contributed by atoms with van der Waals surface area (Å²) in [6.07, 6.45) is 2.33. The smallest absolute Gasteiger partial charge is 0.744 e. The largest absolute Gasteiger partial charge is 1.00 e. The van der Waals surface area contributed by atoms with Crippen LogP contribution >= 0.6 is 0 Å². The first-order chi connectivity index (χ1) is 27.7. The van der Waals surface area contributed by atoms with Gasteiger partial charge in [0.1, 0.15) is 20.2 Å². The number of hydrogen-bond donors (Lipinski definition) is 6. The van der Waals surface area contributed by atoms with E-state index >= 15 is 0 Å². The Kier molecular flexibility index (Phi) is 16.8. The molecule has 0 aliphatic carbocycles. The molecule has 0 bridgehead atoms. The summed E-state index contributed by atoms with van der Waals surface area (Å²) in [5.41, 5.74) is 1.14. The van der Waals surface area contributed by atoms with Crippen molar-refractivity contribution in [3.05, 3.63) is 108 Å². The molecule has 0 saturated heterocycles. The monoisotopic (exact) mass is 872 g/mol. The van der Waals surface area contributed by atoms with Crippen LogP contribution < -0.4 is 90.5 Å². The molecule has 0 unspecified atom stereocenters. The van der Waals surface area contributed by atoms with Gasteiger partial charge < -0.3 is 30.4 Å². The van der Waals surface area contributed by atoms with Crippen molar-refractivity contribution in [2.45, 2.75) is 23.6 Å². The van der Waals surface area contributed by atoms with E-state index in [1.165, 1.54) is 36.4 Å². The number of aromatic nitrogens is 6. The fourth-order valence-corrected chi connectivity index (χ4v) is 6.53. The minimum atomic E-state index is -5.13. The van der Waals surface area contributed by atoms with Crippen LogP contribution in [0.1, 0.15) is 25.0 Å². The van der Waals surface area contributed by atoms with E-state index < -0.39 is 30.0 Å². The van der Waals surface area contributed by atoms with Gasteiger partial charge in [0, 0.05) is 35.8 Å². The summed E-state index contributed by atoms with van der Waals surface area (Å²) in [5.74, 6) is -0.382. The Labute approximate surface area is 389 Å². The molecule has 0 fully saturated rings. The van der Waals surface area contributed by atoms with E-state index in [2.05, 4.69) is 51.2 Å². The second-order valence-corrected chi connectivity index (χ2v) is 14.7. The number of hydrogen-bond acceptors (Lipinski definition) is 20. The molecular formula is C36H34N12Na2O8S2. The molecule has 0 aliphatic heterocycles. The van der Waals surface area contributed by atoms with E-state index in [9.17, 15) is 36.4 Å². The quantitative estimate of drug-likeness (QED) is 0.0308. The van der Waals surface area contributed by atoms with Crippen molar-refractivity contribution in [2.75, 3.05) is 44.5 Å². The fourth-order valence-electron chi connectivity index (χ4n) is 5.14. The summed E-state index contributed by atoms with van der Waals surface area (Å²) in [6.45, 7) is 3.56. The first-order valence-corrected chi connectivity index (χ1v) is 20.0. The van der Waals surface area contributed by atoms with E-state index in [4.69, 9.17) is 0 Å². The Morgan fingerprint density at radius 1 is 0.517 bits per heavy atom. The number of nitrogens with one attached hydrogen (secondary N) is 4. The van der Waals surface area contributed by atoms with E-state index in [0.29, 0.717) is 11.4 Å². The second-order valence-electron chi connectivity index (χ2n) is 12.0. The zero-order valence-electron chi connectivity index (χ0n) is 32.5. The summed E-state index contributed by atoms with van der Waals surface area (Å²) in [4.78, 5) is 24.0. The molecule has 20 nitrogen and oxygen atoms in total. The topological polar surface area (TPSA) is 287 Å². The predicted molar refractivity (Wildman–Crippen MR) is 213 cm³/mol. The summed E-state index contributed by atoms with van der Waals surface area (Å²) >= 11 is 0. The van der Waals surface area contributed by atoms with Crippen molar-refractivity contribution in [3.63, 3.8) is 0 Å². The minimum absolute atomic E-state index is 0. The summed E-state index contributed by atoms with van der Waals surface area (Å²) in [5, 5.41) is 33.8. The Balaban J connectivity index is 0.00000397. The molecule has 300 valence electrons. The van der Waals surface area contributed by atoms with Crippen molar-refractivity contribution in [2.24, 2.45) is 0 Å². The van der Waals surface area contributed by atoms with Crippen molar-refractivity contribution in [1.82, 2.24) is 29.9 Å². The zero-order valence-corrected chi connectivity index (χ0v) is 38.2. The van der Waals surface area contributed by atoms with Gasteiger partial charge in [0.05, 0.1) is 9.79 Å². The minimum Gasteiger partial charge on any atom is -0.744 e. The van der Waals surface area contributed by atoms with Crippen LogP contribution in [-0.2, 0) is 20.2 Å². The molecule has 6 N–H and O–H groups in total. The number of hydroxylamine groups is 2. The van der Waals surface area contributed by atoms with Crippen molar-refractivity contribution >= 4 is 90.8 Å². The van der Waals surface area contributed by atoms with E-state index in [-0.39, 0.29) is 130 Å². The van der Waals surface area contributed by atoms with E-state index in [1.54, 1.807) is 62.4 Å². The SMILES string of the molecule is CCN(O)c1nc(Nc2ccccc2)nc(Nc2ccc(C=Cc3ccc(Nc4nc(Nc5ccccc5)nc(N(O)CC)n4)cc3S(=O)(=O)[O-])c(S(=O)(=O)[O-])c2)n1.[Na+].[Na+]. The van der Waals surface area contributed by atoms with Gasteiger partial charge in [-0.25, -0.2) is 27.0 Å². The first kappa shape index (κ1) is 47.9. The van der Waals surface area contributed by atoms with Crippen molar-refractivity contribution < 1.29 is 95.5 Å². The summed E-state index contributed by atoms with van der Waals surface area (Å²) in [7, 11) is -10.3. The normalized spacial score (nSPS) is 11.2. The maximum absolute atomic E-state index is 12.5. The zero-order chi connectivity index (χ0) is 41.5. The van der Waals surface area contributed by atoms with Gasteiger partial charge in [-0.3, -0.25) is 10.4 Å². The summed E-state index contributed by atoms with van der Waals surface area (Å²) in [6, 6.07) is 25.3. The van der Waals surface area contributed by atoms with Gasteiger partial charge >= 0.3 is 59.1 Å². The van der Waals surface area contributed by atoms with Gasteiger partial charge in [-0.2, -0.15) is 29.9 Å². The molecular weight excluding hydrogens is 839 g/mol. The first-order valence-electron chi connectivity index (χ1n) is 17.2. The Morgan fingerprint density at radius 3 is 1.13 bits per heavy atom. The summed E-state index contributed by atoms with van der Waals surface area (Å²) < 4.78 is 74.8. The van der Waals surface area contributed by atoms with Crippen LogP contribution in [0.3, 0.4) is 0 Å². The predicted octanol–water partition coefficient (Wildman–Crippen LogP) is -0.551. The van der Waals surface area contributed by atoms with Gasteiger partial charge in [-0.05, 0) is 73.5 Å². The maximum atomic E-state index is 12.5. The van der Waals surface area contributed by atoms with Gasteiger partial charge in [-0.1, -0.05) is 60.7 Å². The molecule has 0 radical (unpaired) electrons. The van der Waals surface area contributed by atoms with Crippen LogP contribution in [0.25, 0.3) is 12.2 Å². The van der Waals surface area contributed by atoms with Crippen LogP contribution in [0.15, 0.2) is 107 Å². The third-order valence-electron chi connectivity index (χ3n) is 7.89. The number of benzene rings is 4. The van der Waals surface area contributed by atoms with E-state index in [0.717, 1.165) is 22.3 Å². The molecule has 0 atom stereocenters. The average Bonchev–Trinajstić information content (AvgIpc) is 3.20. The van der Waals surface area contributed by atoms with Crippen molar-refractivity contribution in [3.8, 4) is 0 Å². The van der Waals surface area contributed by atoms with Crippen molar-refractivity contribution in [1.29, 1.82) is 0 Å². The van der Waals surface area contributed by atoms with Crippen LogP contribution in [0, 0.1) is 0 Å². The Hall–Kier alpha value is -4.82. The molecule has 60 heavy (non-hydrogen) atoms. The molecule has 0 amide bonds. The molecule has 6 aromatic rings. The third-order valence-corrected chi connectivity index (χ3v) is 9.67. The molecule has 0 saturated carbocycles. The number of nitrogens with zero attached hydrogens (tertiary/aromatic N) is 8. The van der Waals surface area contributed by atoms with Crippen LogP contribution in [0.2, 0.25) is 0 Å². The maximum Gasteiger partial charge on any atom is 1.00 e. The fraction of sp³-hybridized carbons (Fsp3) is 0.111. The molecule has 2 heterocycles. The van der Waals surface area contributed by atoms with Gasteiger partial charge in [-0.15, -0.1) is 0 Å². The molecule has 4 aromatic carbocycles. The van der Waals surface area contributed by atoms with E-state index in [1.807, 2.05) is 12.1 Å². The average molecular weight is 873 g/mol. The molecule has 6 rings (SSSR count). The second kappa shape index (κ2) is 21.1. The molecule has 0 spiro atoms. The van der Waals surface area contributed by atoms with Crippen LogP contribution in [0.5, 0.6) is 0 Å². The Bertz CT molecular complexity index is 2490. The van der Waals surface area contributed by atoms with Gasteiger partial charge in [0.25, 0.3) is 11.9 Å². The Morgan fingerprint density at radius 2 is 0.833 bits per heavy atom. The standard InChI is InChI=1S/C36H36N12O8S2.2Na/c1-3-47(49)35-43-31(37-25-11-7-5-8-12-25)41-33(45-35)39-27-19-17-23(29(21-27)57(51,52)53)15-16-24-18-20-28(22-30(24)58(54,55)56)40-34-42-32(38-26-13-9-6-10-14-26)44-36(46-34)48(50)4-2;;/h5-22,49-50H,3-4H2,1-2H3,(H,51,52,53)(H,54,55,56)(H2,37,39,41,43,45)(H2,38,40,42,44,46);;/q;2*+1/p-2. The van der Waals surface area contributed by atoms with Gasteiger partial charge in [0.2, 0.25) is 23.8 Å². The molecule has 2 aromatic heterocycles. The molecule has 0 aliphatic rings. The van der Waals surface area contributed by atoms with Crippen LogP contribution in [0.4, 0.5) is 58.4 Å². The van der Waals surface area contributed by atoms with Crippen LogP contribution in [-0.4, -0.2) is 79.3 Å². The number of para-hydroxylation sites is 2. The third kappa shape index (κ3) is 12.8. The number of rotatable bonds is 16. The molecule has 24 heteroatoms. The van der Waals surface area contributed by atoms with Gasteiger partial charge in [0.15, 0.2) is 0 Å².